The second-order valence-corrected chi connectivity index (χ2v) is 7.64. The summed E-state index contributed by atoms with van der Waals surface area (Å²) < 4.78 is 54.6. The highest BCUT2D eigenvalue weighted by Gasteiger charge is 2.55. The van der Waals surface area contributed by atoms with E-state index in [1.807, 2.05) is 6.07 Å². The molecule has 0 fully saturated rings. The molecular weight excluding hydrogens is 415 g/mol. The fourth-order valence-electron chi connectivity index (χ4n) is 3.85. The lowest BCUT2D eigenvalue weighted by Gasteiger charge is -2.37. The van der Waals surface area contributed by atoms with Gasteiger partial charge in [0.05, 0.1) is 31.3 Å². The average molecular weight is 439 g/mol. The average Bonchev–Trinajstić information content (AvgIpc) is 2.82. The van der Waals surface area contributed by atoms with Gasteiger partial charge < -0.3 is 9.47 Å². The second kappa shape index (κ2) is 9.78. The van der Waals surface area contributed by atoms with E-state index < -0.39 is 11.6 Å². The molecule has 3 nitrogen and oxygen atoms in total. The van der Waals surface area contributed by atoms with Crippen LogP contribution < -0.4 is 9.47 Å². The summed E-state index contributed by atoms with van der Waals surface area (Å²) >= 11 is 0. The summed E-state index contributed by atoms with van der Waals surface area (Å²) in [6.07, 6.45) is -4.63. The van der Waals surface area contributed by atoms with Crippen LogP contribution in [0.2, 0.25) is 0 Å². The summed E-state index contributed by atoms with van der Waals surface area (Å²) in [5.74, 6) is 1.24. The van der Waals surface area contributed by atoms with Gasteiger partial charge in [0.25, 0.3) is 0 Å². The molecule has 3 aromatic rings. The highest BCUT2D eigenvalue weighted by atomic mass is 19.4. The molecule has 6 heteroatoms. The predicted octanol–water partition coefficient (Wildman–Crippen LogP) is 6.25. The maximum atomic E-state index is 14.8. The first kappa shape index (κ1) is 23.2. The monoisotopic (exact) mass is 439 g/mol. The minimum absolute atomic E-state index is 0.138. The number of nitrogens with zero attached hydrogens (tertiary/aromatic N) is 1. The van der Waals surface area contributed by atoms with Crippen LogP contribution in [0.1, 0.15) is 28.7 Å². The first-order chi connectivity index (χ1) is 15.3. The van der Waals surface area contributed by atoms with Crippen LogP contribution in [0.5, 0.6) is 11.5 Å². The van der Waals surface area contributed by atoms with E-state index in [9.17, 15) is 13.2 Å². The minimum Gasteiger partial charge on any atom is -0.497 e. The first-order valence-corrected chi connectivity index (χ1v) is 10.1. The van der Waals surface area contributed by atoms with Gasteiger partial charge in [-0.25, -0.2) is 0 Å². The topological polar surface area (TPSA) is 42.2 Å². The molecular formula is C26H24F3NO2. The summed E-state index contributed by atoms with van der Waals surface area (Å²) in [5.41, 5.74) is -0.294. The van der Waals surface area contributed by atoms with Crippen LogP contribution >= 0.6 is 0 Å². The Morgan fingerprint density at radius 2 is 1.25 bits per heavy atom. The summed E-state index contributed by atoms with van der Waals surface area (Å²) in [6.45, 7) is 0. The number of rotatable bonds is 8. The Hall–Kier alpha value is -3.46. The molecule has 0 amide bonds. The van der Waals surface area contributed by atoms with Crippen LogP contribution in [0.3, 0.4) is 0 Å². The predicted molar refractivity (Wildman–Crippen MR) is 117 cm³/mol. The molecule has 0 aromatic heterocycles. The SMILES string of the molecule is COc1ccc(CCC(Cc2ccc(OC)cc2)(c2ccc(C#N)cc2)C(F)(F)F)cc1. The van der Waals surface area contributed by atoms with E-state index in [0.29, 0.717) is 22.6 Å². The lowest BCUT2D eigenvalue weighted by Crippen LogP contribution is -2.45. The molecule has 0 spiro atoms. The summed E-state index contributed by atoms with van der Waals surface area (Å²) in [7, 11) is 3.06. The number of hydrogen-bond acceptors (Lipinski definition) is 3. The van der Waals surface area contributed by atoms with Gasteiger partial charge >= 0.3 is 6.18 Å². The molecule has 0 N–H and O–H groups in total. The minimum atomic E-state index is -4.51. The third-order valence-electron chi connectivity index (χ3n) is 5.77. The highest BCUT2D eigenvalue weighted by molar-refractivity contribution is 5.39. The summed E-state index contributed by atoms with van der Waals surface area (Å²) in [4.78, 5) is 0. The van der Waals surface area contributed by atoms with E-state index in [-0.39, 0.29) is 24.8 Å². The zero-order chi connectivity index (χ0) is 23.2. The van der Waals surface area contributed by atoms with Gasteiger partial charge in [0.1, 0.15) is 11.5 Å². The fourth-order valence-corrected chi connectivity index (χ4v) is 3.85. The van der Waals surface area contributed by atoms with Gasteiger partial charge in [-0.3, -0.25) is 0 Å². The van der Waals surface area contributed by atoms with Crippen molar-refractivity contribution in [1.82, 2.24) is 0 Å². The zero-order valence-electron chi connectivity index (χ0n) is 17.9. The van der Waals surface area contributed by atoms with Gasteiger partial charge in [-0.2, -0.15) is 18.4 Å². The van der Waals surface area contributed by atoms with Gasteiger partial charge in [0.2, 0.25) is 0 Å². The zero-order valence-corrected chi connectivity index (χ0v) is 17.9. The van der Waals surface area contributed by atoms with Crippen molar-refractivity contribution in [1.29, 1.82) is 5.26 Å². The van der Waals surface area contributed by atoms with E-state index >= 15 is 0 Å². The molecule has 0 heterocycles. The maximum Gasteiger partial charge on any atom is 0.398 e. The van der Waals surface area contributed by atoms with Crippen molar-refractivity contribution in [2.24, 2.45) is 0 Å². The molecule has 0 aliphatic rings. The summed E-state index contributed by atoms with van der Waals surface area (Å²) in [6, 6.07) is 21.4. The van der Waals surface area contributed by atoms with Crippen LogP contribution in [0, 0.1) is 11.3 Å². The highest BCUT2D eigenvalue weighted by Crippen LogP contribution is 2.47. The molecule has 3 rings (SSSR count). The lowest BCUT2D eigenvalue weighted by molar-refractivity contribution is -0.193. The Kier molecular flexibility index (Phi) is 7.09. The maximum absolute atomic E-state index is 14.8. The Balaban J connectivity index is 2.02. The lowest BCUT2D eigenvalue weighted by atomic mass is 9.71. The van der Waals surface area contributed by atoms with Crippen LogP contribution in [-0.4, -0.2) is 20.4 Å². The van der Waals surface area contributed by atoms with Crippen molar-refractivity contribution < 1.29 is 22.6 Å². The molecule has 0 saturated carbocycles. The van der Waals surface area contributed by atoms with Crippen LogP contribution in [0.25, 0.3) is 0 Å². The number of hydrogen-bond donors (Lipinski definition) is 0. The number of methoxy groups -OCH3 is 2. The van der Waals surface area contributed by atoms with Gasteiger partial charge in [0.15, 0.2) is 0 Å². The molecule has 1 unspecified atom stereocenters. The van der Waals surface area contributed by atoms with E-state index in [2.05, 4.69) is 0 Å². The van der Waals surface area contributed by atoms with Gasteiger partial charge in [-0.15, -0.1) is 0 Å². The Labute approximate surface area is 186 Å². The molecule has 0 saturated heterocycles. The van der Waals surface area contributed by atoms with Crippen molar-refractivity contribution in [2.75, 3.05) is 14.2 Å². The van der Waals surface area contributed by atoms with Gasteiger partial charge in [-0.1, -0.05) is 36.4 Å². The Morgan fingerprint density at radius 1 is 0.750 bits per heavy atom. The molecule has 0 aliphatic heterocycles. The molecule has 166 valence electrons. The van der Waals surface area contributed by atoms with E-state index in [1.165, 1.54) is 31.4 Å². The quantitative estimate of drug-likeness (QED) is 0.417. The summed E-state index contributed by atoms with van der Waals surface area (Å²) in [5, 5.41) is 9.08. The van der Waals surface area contributed by atoms with Crippen LogP contribution in [-0.2, 0) is 18.3 Å². The Bertz CT molecular complexity index is 1050. The van der Waals surface area contributed by atoms with Gasteiger partial charge in [0, 0.05) is 0 Å². The molecule has 32 heavy (non-hydrogen) atoms. The van der Waals surface area contributed by atoms with Crippen molar-refractivity contribution in [2.45, 2.75) is 30.9 Å². The third kappa shape index (κ3) is 5.05. The molecule has 3 aromatic carbocycles. The molecule has 1 atom stereocenters. The van der Waals surface area contributed by atoms with Crippen molar-refractivity contribution in [3.05, 3.63) is 95.1 Å². The Morgan fingerprint density at radius 3 is 1.69 bits per heavy atom. The number of nitriles is 1. The van der Waals surface area contributed by atoms with E-state index in [0.717, 1.165) is 5.56 Å². The van der Waals surface area contributed by atoms with Crippen molar-refractivity contribution in [3.8, 4) is 17.6 Å². The molecule has 0 radical (unpaired) electrons. The van der Waals surface area contributed by atoms with Crippen molar-refractivity contribution >= 4 is 0 Å². The fraction of sp³-hybridized carbons (Fsp3) is 0.269. The molecule has 0 aliphatic carbocycles. The standard InChI is InChI=1S/C26H24F3NO2/c1-31-23-11-5-19(6-12-23)15-16-25(26(27,28)29,22-9-3-21(18-30)4-10-22)17-20-7-13-24(32-2)14-8-20/h3-14H,15-17H2,1-2H3. The smallest absolute Gasteiger partial charge is 0.398 e. The number of ether oxygens (including phenoxy) is 2. The number of alkyl halides is 3. The van der Waals surface area contributed by atoms with Gasteiger partial charge in [-0.05, 0) is 72.4 Å². The van der Waals surface area contributed by atoms with E-state index in [4.69, 9.17) is 14.7 Å². The van der Waals surface area contributed by atoms with Crippen LogP contribution in [0.15, 0.2) is 72.8 Å². The number of halogens is 3. The first-order valence-electron chi connectivity index (χ1n) is 10.1. The van der Waals surface area contributed by atoms with Crippen LogP contribution in [0.4, 0.5) is 13.2 Å². The second-order valence-electron chi connectivity index (χ2n) is 7.64. The third-order valence-corrected chi connectivity index (χ3v) is 5.77. The number of aryl methyl sites for hydroxylation is 1. The molecule has 0 bridgehead atoms. The largest absolute Gasteiger partial charge is 0.497 e. The van der Waals surface area contributed by atoms with E-state index in [1.54, 1.807) is 55.6 Å². The number of benzene rings is 3. The van der Waals surface area contributed by atoms with Crippen molar-refractivity contribution in [3.63, 3.8) is 0 Å². The normalized spacial score (nSPS) is 13.1.